The van der Waals surface area contributed by atoms with Gasteiger partial charge in [-0.1, -0.05) is 87.3 Å². The van der Waals surface area contributed by atoms with Gasteiger partial charge in [-0.2, -0.15) is 0 Å². The fraction of sp³-hybridized carbons (Fsp3) is 0.500. The van der Waals surface area contributed by atoms with Gasteiger partial charge in [-0.15, -0.1) is 0 Å². The summed E-state index contributed by atoms with van der Waals surface area (Å²) in [6.07, 6.45) is 5.11. The van der Waals surface area contributed by atoms with Crippen LogP contribution in [-0.2, 0) is 0 Å². The average molecular weight is 219 g/mol. The van der Waals surface area contributed by atoms with Crippen molar-refractivity contribution in [2.24, 2.45) is 0 Å². The minimum atomic E-state index is -1.15. The highest BCUT2D eigenvalue weighted by Crippen LogP contribution is 2.15. The van der Waals surface area contributed by atoms with Crippen molar-refractivity contribution in [3.8, 4) is 0 Å². The van der Waals surface area contributed by atoms with Crippen LogP contribution in [0.25, 0.3) is 0 Å². The first-order valence-electron chi connectivity index (χ1n) is 6.01. The Morgan fingerprint density at radius 2 is 1.67 bits per heavy atom. The molecule has 0 fully saturated rings. The van der Waals surface area contributed by atoms with Crippen molar-refractivity contribution in [3.63, 3.8) is 0 Å². The number of benzene rings is 1. The second-order valence-corrected chi connectivity index (χ2v) is 9.76. The van der Waals surface area contributed by atoms with E-state index in [-0.39, 0.29) is 0 Å². The smallest absolute Gasteiger partial charge is 0.0654 e. The van der Waals surface area contributed by atoms with Gasteiger partial charge in [0.05, 0.1) is 8.07 Å². The van der Waals surface area contributed by atoms with Crippen LogP contribution >= 0.6 is 0 Å². The third kappa shape index (κ3) is 4.21. The van der Waals surface area contributed by atoms with Gasteiger partial charge in [-0.25, -0.2) is 0 Å². The lowest BCUT2D eigenvalue weighted by atomic mass is 10.2. The molecule has 0 aliphatic rings. The van der Waals surface area contributed by atoms with E-state index in [9.17, 15) is 0 Å². The predicted molar refractivity (Wildman–Crippen MR) is 72.2 cm³/mol. The number of hydrogen-bond donors (Lipinski definition) is 0. The molecular formula is C14H23Si. The molecular weight excluding hydrogens is 196 g/mol. The fourth-order valence-electron chi connectivity index (χ4n) is 1.95. The van der Waals surface area contributed by atoms with Crippen LogP contribution in [0.1, 0.15) is 25.7 Å². The summed E-state index contributed by atoms with van der Waals surface area (Å²) in [6, 6.07) is 12.5. The molecule has 0 unspecified atom stereocenters. The molecule has 0 atom stereocenters. The Bertz CT molecular complexity index is 264. The van der Waals surface area contributed by atoms with Gasteiger partial charge >= 0.3 is 0 Å². The third-order valence-corrected chi connectivity index (χ3v) is 6.61. The Morgan fingerprint density at radius 3 is 2.27 bits per heavy atom. The Morgan fingerprint density at radius 1 is 1.00 bits per heavy atom. The van der Waals surface area contributed by atoms with Gasteiger partial charge in [-0.3, -0.25) is 0 Å². The van der Waals surface area contributed by atoms with E-state index >= 15 is 0 Å². The topological polar surface area (TPSA) is 0 Å². The molecule has 15 heavy (non-hydrogen) atoms. The summed E-state index contributed by atoms with van der Waals surface area (Å²) < 4.78 is 0. The van der Waals surface area contributed by atoms with Crippen LogP contribution in [0, 0.1) is 6.92 Å². The lowest BCUT2D eigenvalue weighted by Crippen LogP contribution is -2.40. The Hall–Kier alpha value is -0.563. The van der Waals surface area contributed by atoms with Gasteiger partial charge in [0.25, 0.3) is 0 Å². The standard InChI is InChI=1S/C14H23Si/c1-4-5-6-10-13-15(2,3)14-11-8-7-9-12-14/h7-9,11-12H,1,4-6,10,13H2,2-3H3. The lowest BCUT2D eigenvalue weighted by molar-refractivity contribution is 0.722. The largest absolute Gasteiger partial charge is 0.0806 e. The molecule has 0 aliphatic carbocycles. The van der Waals surface area contributed by atoms with E-state index in [0.717, 1.165) is 6.42 Å². The molecule has 1 aromatic rings. The summed E-state index contributed by atoms with van der Waals surface area (Å²) in [5.41, 5.74) is 0. The van der Waals surface area contributed by atoms with Crippen molar-refractivity contribution < 1.29 is 0 Å². The molecule has 0 heterocycles. The summed E-state index contributed by atoms with van der Waals surface area (Å²) >= 11 is 0. The summed E-state index contributed by atoms with van der Waals surface area (Å²) in [4.78, 5) is 0. The van der Waals surface area contributed by atoms with Crippen LogP contribution in [0.2, 0.25) is 19.1 Å². The molecule has 1 radical (unpaired) electrons. The van der Waals surface area contributed by atoms with Crippen molar-refractivity contribution in [2.45, 2.75) is 44.8 Å². The van der Waals surface area contributed by atoms with Crippen LogP contribution < -0.4 is 5.19 Å². The number of hydrogen-bond acceptors (Lipinski definition) is 0. The molecule has 0 spiro atoms. The van der Waals surface area contributed by atoms with Gasteiger partial charge in [0.2, 0.25) is 0 Å². The Balaban J connectivity index is 2.45. The zero-order valence-corrected chi connectivity index (χ0v) is 11.1. The van der Waals surface area contributed by atoms with Gasteiger partial charge in [0, 0.05) is 0 Å². The molecule has 0 N–H and O–H groups in total. The van der Waals surface area contributed by atoms with Crippen molar-refractivity contribution in [1.82, 2.24) is 0 Å². The van der Waals surface area contributed by atoms with E-state index in [1.165, 1.54) is 25.3 Å². The highest BCUT2D eigenvalue weighted by atomic mass is 28.3. The molecule has 1 heteroatoms. The SMILES string of the molecule is [CH2]CCCCC[Si](C)(C)c1ccccc1. The van der Waals surface area contributed by atoms with Crippen LogP contribution in [0.3, 0.4) is 0 Å². The second kappa shape index (κ2) is 6.11. The maximum atomic E-state index is 3.89. The van der Waals surface area contributed by atoms with Gasteiger partial charge in [0.15, 0.2) is 0 Å². The highest BCUT2D eigenvalue weighted by molar-refractivity contribution is 6.89. The zero-order valence-electron chi connectivity index (χ0n) is 10.1. The first-order chi connectivity index (χ1) is 7.17. The summed E-state index contributed by atoms with van der Waals surface area (Å²) in [7, 11) is -1.15. The predicted octanol–water partition coefficient (Wildman–Crippen LogP) is 4.00. The fourth-order valence-corrected chi connectivity index (χ4v) is 4.47. The number of rotatable bonds is 6. The van der Waals surface area contributed by atoms with Gasteiger partial charge in [0.1, 0.15) is 0 Å². The van der Waals surface area contributed by atoms with Crippen LogP contribution in [-0.4, -0.2) is 8.07 Å². The van der Waals surface area contributed by atoms with Crippen molar-refractivity contribution in [3.05, 3.63) is 37.3 Å². The zero-order chi connectivity index (χ0) is 11.1. The molecule has 0 aliphatic heterocycles. The first kappa shape index (κ1) is 12.5. The average Bonchev–Trinajstić information content (AvgIpc) is 2.26. The van der Waals surface area contributed by atoms with E-state index in [1.54, 1.807) is 5.19 Å². The lowest BCUT2D eigenvalue weighted by Gasteiger charge is -2.22. The molecule has 0 saturated heterocycles. The van der Waals surface area contributed by atoms with Crippen LogP contribution in [0.15, 0.2) is 30.3 Å². The third-order valence-electron chi connectivity index (χ3n) is 3.11. The summed E-state index contributed by atoms with van der Waals surface area (Å²) in [6.45, 7) is 8.85. The van der Waals surface area contributed by atoms with E-state index in [2.05, 4.69) is 50.3 Å². The molecule has 83 valence electrons. The quantitative estimate of drug-likeness (QED) is 0.501. The van der Waals surface area contributed by atoms with Crippen molar-refractivity contribution in [2.75, 3.05) is 0 Å². The number of unbranched alkanes of at least 4 members (excludes halogenated alkanes) is 3. The molecule has 0 nitrogen and oxygen atoms in total. The summed E-state index contributed by atoms with van der Waals surface area (Å²) in [5.74, 6) is 0. The minimum absolute atomic E-state index is 1.09. The van der Waals surface area contributed by atoms with Gasteiger partial charge < -0.3 is 0 Å². The molecule has 1 rings (SSSR count). The Kier molecular flexibility index (Phi) is 5.10. The van der Waals surface area contributed by atoms with E-state index in [4.69, 9.17) is 0 Å². The minimum Gasteiger partial charge on any atom is -0.0654 e. The normalized spacial score (nSPS) is 11.7. The molecule has 0 amide bonds. The van der Waals surface area contributed by atoms with Crippen LogP contribution in [0.5, 0.6) is 0 Å². The van der Waals surface area contributed by atoms with E-state index < -0.39 is 8.07 Å². The van der Waals surface area contributed by atoms with Crippen molar-refractivity contribution in [1.29, 1.82) is 0 Å². The molecule has 0 bridgehead atoms. The van der Waals surface area contributed by atoms with E-state index in [1.807, 2.05) is 0 Å². The maximum absolute atomic E-state index is 3.89. The van der Waals surface area contributed by atoms with Gasteiger partial charge in [-0.05, 0) is 0 Å². The Labute approximate surface area is 95.7 Å². The highest BCUT2D eigenvalue weighted by Gasteiger charge is 2.21. The molecule has 0 saturated carbocycles. The molecule has 1 aromatic carbocycles. The molecule has 0 aromatic heterocycles. The van der Waals surface area contributed by atoms with E-state index in [0.29, 0.717) is 0 Å². The summed E-state index contributed by atoms with van der Waals surface area (Å²) in [5, 5.41) is 1.60. The van der Waals surface area contributed by atoms with Crippen LogP contribution in [0.4, 0.5) is 0 Å². The first-order valence-corrected chi connectivity index (χ1v) is 9.22. The second-order valence-electron chi connectivity index (χ2n) is 4.91. The maximum Gasteiger partial charge on any atom is 0.0806 e. The van der Waals surface area contributed by atoms with Crippen molar-refractivity contribution >= 4 is 13.3 Å². The monoisotopic (exact) mass is 219 g/mol.